The molecule has 3 aromatic rings. The summed E-state index contributed by atoms with van der Waals surface area (Å²) in [5.41, 5.74) is 3.33. The lowest BCUT2D eigenvalue weighted by Gasteiger charge is -1.95. The van der Waals surface area contributed by atoms with Crippen LogP contribution in [0.4, 0.5) is 0 Å². The second-order valence-corrected chi connectivity index (χ2v) is 4.54. The number of halogens is 1. The van der Waals surface area contributed by atoms with Crippen molar-refractivity contribution in [3.63, 3.8) is 0 Å². The van der Waals surface area contributed by atoms with Crippen molar-refractivity contribution < 1.29 is 0 Å². The molecule has 2 aromatic heterocycles. The van der Waals surface area contributed by atoms with E-state index in [2.05, 4.69) is 51.0 Å². The summed E-state index contributed by atoms with van der Waals surface area (Å²) < 4.78 is 1.09. The first-order valence-electron chi connectivity index (χ1n) is 4.78. The third kappa shape index (κ3) is 1.27. The number of benzene rings is 1. The molecule has 0 spiro atoms. The Morgan fingerprint density at radius 2 is 2.13 bits per heavy atom. The minimum Gasteiger partial charge on any atom is -0.339 e. The summed E-state index contributed by atoms with van der Waals surface area (Å²) in [6, 6.07) is 8.35. The first kappa shape index (κ1) is 8.92. The Labute approximate surface area is 95.5 Å². The molecule has 0 bridgehead atoms. The van der Waals surface area contributed by atoms with E-state index in [1.807, 2.05) is 6.07 Å². The summed E-state index contributed by atoms with van der Waals surface area (Å²) in [5, 5.41) is 2.39. The van der Waals surface area contributed by atoms with Gasteiger partial charge in [0.1, 0.15) is 5.65 Å². The molecule has 2 nitrogen and oxygen atoms in total. The van der Waals surface area contributed by atoms with Gasteiger partial charge in [0.05, 0.1) is 0 Å². The van der Waals surface area contributed by atoms with E-state index < -0.39 is 0 Å². The molecular formula is C12H9BrN2. The summed E-state index contributed by atoms with van der Waals surface area (Å²) in [6.45, 7) is 2.10. The zero-order chi connectivity index (χ0) is 10.4. The lowest BCUT2D eigenvalue weighted by Crippen LogP contribution is -1.75. The van der Waals surface area contributed by atoms with Gasteiger partial charge in [-0.3, -0.25) is 0 Å². The maximum Gasteiger partial charge on any atom is 0.139 e. The van der Waals surface area contributed by atoms with Crippen LogP contribution in [0.1, 0.15) is 5.56 Å². The van der Waals surface area contributed by atoms with Crippen LogP contribution >= 0.6 is 15.9 Å². The number of nitrogens with one attached hydrogen (secondary N) is 1. The van der Waals surface area contributed by atoms with E-state index >= 15 is 0 Å². The average molecular weight is 261 g/mol. The van der Waals surface area contributed by atoms with Gasteiger partial charge >= 0.3 is 0 Å². The summed E-state index contributed by atoms with van der Waals surface area (Å²) in [4.78, 5) is 7.63. The van der Waals surface area contributed by atoms with E-state index in [-0.39, 0.29) is 0 Å². The minimum atomic E-state index is 0.935. The van der Waals surface area contributed by atoms with Crippen LogP contribution < -0.4 is 0 Å². The van der Waals surface area contributed by atoms with Gasteiger partial charge in [0.15, 0.2) is 0 Å². The first-order valence-corrected chi connectivity index (χ1v) is 5.57. The molecule has 1 aromatic carbocycles. The summed E-state index contributed by atoms with van der Waals surface area (Å²) in [7, 11) is 0. The molecule has 1 N–H and O–H groups in total. The van der Waals surface area contributed by atoms with Gasteiger partial charge in [-0.05, 0) is 41.1 Å². The number of H-pyrrole nitrogens is 1. The number of rotatable bonds is 0. The molecule has 0 aliphatic heterocycles. The second kappa shape index (κ2) is 3.07. The van der Waals surface area contributed by atoms with E-state index in [9.17, 15) is 0 Å². The van der Waals surface area contributed by atoms with Gasteiger partial charge < -0.3 is 4.98 Å². The van der Waals surface area contributed by atoms with Crippen LogP contribution in [0.15, 0.2) is 34.9 Å². The van der Waals surface area contributed by atoms with Gasteiger partial charge in [-0.25, -0.2) is 4.98 Å². The van der Waals surface area contributed by atoms with Crippen molar-refractivity contribution in [3.8, 4) is 0 Å². The number of hydrogen-bond acceptors (Lipinski definition) is 1. The zero-order valence-electron chi connectivity index (χ0n) is 8.21. The largest absolute Gasteiger partial charge is 0.339 e. The Bertz CT molecular complexity index is 655. The van der Waals surface area contributed by atoms with Crippen molar-refractivity contribution in [2.75, 3.05) is 0 Å². The van der Waals surface area contributed by atoms with E-state index in [0.717, 1.165) is 21.0 Å². The smallest absolute Gasteiger partial charge is 0.139 e. The fourth-order valence-electron chi connectivity index (χ4n) is 1.89. The van der Waals surface area contributed by atoms with Crippen LogP contribution in [-0.2, 0) is 0 Å². The minimum absolute atomic E-state index is 0.935. The molecule has 0 radical (unpaired) electrons. The molecule has 15 heavy (non-hydrogen) atoms. The van der Waals surface area contributed by atoms with Crippen LogP contribution in [0.2, 0.25) is 0 Å². The highest BCUT2D eigenvalue weighted by molar-refractivity contribution is 9.10. The SMILES string of the molecule is Cc1ccc2[nH]c3nccc(Br)c3c2c1. The fraction of sp³-hybridized carbons (Fsp3) is 0.0833. The van der Waals surface area contributed by atoms with Crippen LogP contribution in [0.25, 0.3) is 21.9 Å². The Kier molecular flexibility index (Phi) is 1.83. The highest BCUT2D eigenvalue weighted by Crippen LogP contribution is 2.30. The second-order valence-electron chi connectivity index (χ2n) is 3.69. The molecule has 74 valence electrons. The van der Waals surface area contributed by atoms with Crippen molar-refractivity contribution >= 4 is 37.9 Å². The molecule has 0 fully saturated rings. The predicted molar refractivity (Wildman–Crippen MR) is 66.0 cm³/mol. The van der Waals surface area contributed by atoms with Crippen molar-refractivity contribution in [2.45, 2.75) is 6.92 Å². The van der Waals surface area contributed by atoms with E-state index in [1.165, 1.54) is 10.9 Å². The van der Waals surface area contributed by atoms with E-state index in [4.69, 9.17) is 0 Å². The molecule has 0 unspecified atom stereocenters. The lowest BCUT2D eigenvalue weighted by molar-refractivity contribution is 1.34. The van der Waals surface area contributed by atoms with E-state index in [1.54, 1.807) is 6.20 Å². The molecule has 0 amide bonds. The monoisotopic (exact) mass is 260 g/mol. The number of fused-ring (bicyclic) bond motifs is 3. The molecule has 0 atom stereocenters. The molecular weight excluding hydrogens is 252 g/mol. The summed E-state index contributed by atoms with van der Waals surface area (Å²) in [5.74, 6) is 0. The Morgan fingerprint density at radius 1 is 1.27 bits per heavy atom. The number of nitrogens with zero attached hydrogens (tertiary/aromatic N) is 1. The fourth-order valence-corrected chi connectivity index (χ4v) is 2.41. The summed E-state index contributed by atoms with van der Waals surface area (Å²) in [6.07, 6.45) is 1.80. The Hall–Kier alpha value is -1.35. The molecule has 0 aliphatic carbocycles. The number of aryl methyl sites for hydroxylation is 1. The highest BCUT2D eigenvalue weighted by Gasteiger charge is 2.07. The third-order valence-electron chi connectivity index (χ3n) is 2.60. The molecule has 3 heteroatoms. The third-order valence-corrected chi connectivity index (χ3v) is 3.26. The van der Waals surface area contributed by atoms with Gasteiger partial charge in [0.25, 0.3) is 0 Å². The topological polar surface area (TPSA) is 28.7 Å². The molecule has 2 heterocycles. The van der Waals surface area contributed by atoms with Crippen LogP contribution in [0.3, 0.4) is 0 Å². The zero-order valence-corrected chi connectivity index (χ0v) is 9.80. The Morgan fingerprint density at radius 3 is 3.00 bits per heavy atom. The molecule has 0 aliphatic rings. The summed E-state index contributed by atoms with van der Waals surface area (Å²) >= 11 is 3.56. The maximum absolute atomic E-state index is 4.32. The number of hydrogen-bond donors (Lipinski definition) is 1. The number of aromatic nitrogens is 2. The van der Waals surface area contributed by atoms with Crippen molar-refractivity contribution in [2.24, 2.45) is 0 Å². The maximum atomic E-state index is 4.32. The normalized spacial score (nSPS) is 11.3. The molecule has 0 saturated heterocycles. The standard InChI is InChI=1S/C12H9BrN2/c1-7-2-3-10-8(6-7)11-9(13)4-5-14-12(11)15-10/h2-6H,1H3,(H,14,15). The van der Waals surface area contributed by atoms with Gasteiger partial charge in [-0.2, -0.15) is 0 Å². The predicted octanol–water partition coefficient (Wildman–Crippen LogP) is 3.79. The lowest BCUT2D eigenvalue weighted by atomic mass is 10.1. The first-order chi connectivity index (χ1) is 7.25. The molecule has 3 rings (SSSR count). The quantitative estimate of drug-likeness (QED) is 0.655. The van der Waals surface area contributed by atoms with Crippen LogP contribution in [0, 0.1) is 6.92 Å². The van der Waals surface area contributed by atoms with E-state index in [0.29, 0.717) is 0 Å². The van der Waals surface area contributed by atoms with Gasteiger partial charge in [-0.15, -0.1) is 0 Å². The van der Waals surface area contributed by atoms with Crippen LogP contribution in [0.5, 0.6) is 0 Å². The Balaban J connectivity index is 2.61. The van der Waals surface area contributed by atoms with Crippen molar-refractivity contribution in [3.05, 3.63) is 40.5 Å². The van der Waals surface area contributed by atoms with Gasteiger partial charge in [-0.1, -0.05) is 11.6 Å². The van der Waals surface area contributed by atoms with Gasteiger partial charge in [0, 0.05) is 27.0 Å². The molecule has 0 saturated carbocycles. The van der Waals surface area contributed by atoms with Gasteiger partial charge in [0.2, 0.25) is 0 Å². The average Bonchev–Trinajstić information content (AvgIpc) is 2.57. The number of aromatic amines is 1. The van der Waals surface area contributed by atoms with Crippen molar-refractivity contribution in [1.29, 1.82) is 0 Å². The highest BCUT2D eigenvalue weighted by atomic mass is 79.9. The number of pyridine rings is 1. The van der Waals surface area contributed by atoms with Crippen molar-refractivity contribution in [1.82, 2.24) is 9.97 Å². The van der Waals surface area contributed by atoms with Crippen LogP contribution in [-0.4, -0.2) is 9.97 Å².